The molecule has 2 N–H and O–H groups in total. The monoisotopic (exact) mass is 468 g/mol. The number of morpholine rings is 1. The number of carbonyl (C=O) groups is 1. The van der Waals surface area contributed by atoms with E-state index in [1.165, 1.54) is 28.7 Å². The van der Waals surface area contributed by atoms with Crippen LogP contribution in [0.1, 0.15) is 52.0 Å². The van der Waals surface area contributed by atoms with Crippen molar-refractivity contribution in [1.29, 1.82) is 0 Å². The fraction of sp³-hybridized carbons (Fsp3) is 0.448. The number of benzene rings is 1. The van der Waals surface area contributed by atoms with Gasteiger partial charge in [0.1, 0.15) is 0 Å². The minimum absolute atomic E-state index is 0.0215. The van der Waals surface area contributed by atoms with Gasteiger partial charge in [0.2, 0.25) is 0 Å². The van der Waals surface area contributed by atoms with Gasteiger partial charge >= 0.3 is 0 Å². The molecule has 6 heteroatoms. The number of hydrogen-bond donors (Lipinski definition) is 2. The number of ether oxygens (including phenoxy) is 1. The van der Waals surface area contributed by atoms with E-state index < -0.39 is 0 Å². The molecular formula is C29H32N4O2. The van der Waals surface area contributed by atoms with Gasteiger partial charge in [-0.15, -0.1) is 0 Å². The molecule has 2 aliphatic carbocycles. The SMILES string of the molecule is O=C1NC2(CC2)Cc2[nH]c3c(c21)CCc1cnc(-c2ccc(CCCN4CCOCC4)cc2)cc1-3. The zero-order valence-electron chi connectivity index (χ0n) is 20.2. The number of hydrogen-bond acceptors (Lipinski definition) is 4. The number of H-pyrrole nitrogens is 1. The van der Waals surface area contributed by atoms with Gasteiger partial charge in [-0.05, 0) is 67.8 Å². The summed E-state index contributed by atoms with van der Waals surface area (Å²) < 4.78 is 5.44. The first kappa shape index (κ1) is 21.3. The van der Waals surface area contributed by atoms with Crippen molar-refractivity contribution in [3.8, 4) is 22.5 Å². The van der Waals surface area contributed by atoms with E-state index in [0.29, 0.717) is 0 Å². The molecule has 1 saturated heterocycles. The van der Waals surface area contributed by atoms with Crippen LogP contribution < -0.4 is 5.32 Å². The highest BCUT2D eigenvalue weighted by Crippen LogP contribution is 2.45. The third-order valence-corrected chi connectivity index (χ3v) is 8.35. The van der Waals surface area contributed by atoms with E-state index in [2.05, 4.69) is 45.5 Å². The van der Waals surface area contributed by atoms with Crippen molar-refractivity contribution in [2.45, 2.75) is 50.5 Å². The number of aryl methyl sites for hydroxylation is 2. The zero-order valence-corrected chi connectivity index (χ0v) is 20.2. The average molecular weight is 469 g/mol. The van der Waals surface area contributed by atoms with E-state index in [9.17, 15) is 4.79 Å². The van der Waals surface area contributed by atoms with Crippen LogP contribution in [0.25, 0.3) is 22.5 Å². The van der Waals surface area contributed by atoms with Gasteiger partial charge in [-0.2, -0.15) is 0 Å². The fourth-order valence-electron chi connectivity index (χ4n) is 6.13. The maximum Gasteiger partial charge on any atom is 0.253 e. The lowest BCUT2D eigenvalue weighted by Gasteiger charge is -2.26. The van der Waals surface area contributed by atoms with Crippen LogP contribution in [0.2, 0.25) is 0 Å². The molecule has 1 amide bonds. The predicted octanol–water partition coefficient (Wildman–Crippen LogP) is 3.93. The van der Waals surface area contributed by atoms with Crippen molar-refractivity contribution in [1.82, 2.24) is 20.2 Å². The Labute approximate surface area is 206 Å². The van der Waals surface area contributed by atoms with Gasteiger partial charge < -0.3 is 15.0 Å². The smallest absolute Gasteiger partial charge is 0.253 e. The molecule has 0 atom stereocenters. The number of amides is 1. The summed E-state index contributed by atoms with van der Waals surface area (Å²) in [6.45, 7) is 4.98. The molecule has 7 rings (SSSR count). The minimum atomic E-state index is 0.0215. The second-order valence-electron chi connectivity index (χ2n) is 10.7. The number of aromatic nitrogens is 2. The van der Waals surface area contributed by atoms with E-state index in [-0.39, 0.29) is 11.4 Å². The van der Waals surface area contributed by atoms with Crippen LogP contribution >= 0.6 is 0 Å². The van der Waals surface area contributed by atoms with Crippen LogP contribution in [0.4, 0.5) is 0 Å². The first-order valence-corrected chi connectivity index (χ1v) is 13.1. The Morgan fingerprint density at radius 2 is 1.91 bits per heavy atom. The highest BCUT2D eigenvalue weighted by molar-refractivity contribution is 6.01. The topological polar surface area (TPSA) is 70.2 Å². The second kappa shape index (κ2) is 8.32. The molecule has 180 valence electrons. The molecule has 2 aromatic heterocycles. The summed E-state index contributed by atoms with van der Waals surface area (Å²) in [5, 5.41) is 3.28. The summed E-state index contributed by atoms with van der Waals surface area (Å²) in [5.74, 6) is 0.114. The van der Waals surface area contributed by atoms with Crippen molar-refractivity contribution >= 4 is 5.91 Å². The maximum absolute atomic E-state index is 12.9. The Hall–Kier alpha value is -2.96. The minimum Gasteiger partial charge on any atom is -0.379 e. The molecule has 6 nitrogen and oxygen atoms in total. The fourth-order valence-corrected chi connectivity index (χ4v) is 6.13. The van der Waals surface area contributed by atoms with E-state index in [4.69, 9.17) is 9.72 Å². The number of aromatic amines is 1. The van der Waals surface area contributed by atoms with Crippen LogP contribution in [0.5, 0.6) is 0 Å². The summed E-state index contributed by atoms with van der Waals surface area (Å²) >= 11 is 0. The Bertz CT molecular complexity index is 1280. The third kappa shape index (κ3) is 3.89. The van der Waals surface area contributed by atoms with Crippen molar-refractivity contribution in [3.05, 3.63) is 64.5 Å². The molecule has 1 saturated carbocycles. The number of nitrogens with zero attached hydrogens (tertiary/aromatic N) is 2. The number of pyridine rings is 1. The summed E-state index contributed by atoms with van der Waals surface area (Å²) in [5.41, 5.74) is 10.4. The first-order chi connectivity index (χ1) is 17.2. The van der Waals surface area contributed by atoms with Crippen LogP contribution in [-0.2, 0) is 30.4 Å². The third-order valence-electron chi connectivity index (χ3n) is 8.35. The van der Waals surface area contributed by atoms with Gasteiger partial charge in [0.05, 0.1) is 30.2 Å². The summed E-state index contributed by atoms with van der Waals surface area (Å²) in [6.07, 6.45) is 9.25. The van der Waals surface area contributed by atoms with Gasteiger partial charge in [-0.3, -0.25) is 14.7 Å². The van der Waals surface area contributed by atoms with Crippen LogP contribution in [0, 0.1) is 0 Å². The lowest BCUT2D eigenvalue weighted by atomic mass is 9.87. The van der Waals surface area contributed by atoms with Crippen molar-refractivity contribution in [2.75, 3.05) is 32.8 Å². The molecule has 1 aromatic carbocycles. The molecule has 0 unspecified atom stereocenters. The first-order valence-electron chi connectivity index (χ1n) is 13.1. The number of rotatable bonds is 5. The Morgan fingerprint density at radius 3 is 2.71 bits per heavy atom. The summed E-state index contributed by atoms with van der Waals surface area (Å²) in [4.78, 5) is 23.9. The van der Waals surface area contributed by atoms with Crippen molar-refractivity contribution in [3.63, 3.8) is 0 Å². The van der Waals surface area contributed by atoms with E-state index in [1.54, 1.807) is 0 Å². The number of carbonyl (C=O) groups excluding carboxylic acids is 1. The highest BCUT2D eigenvalue weighted by atomic mass is 16.5. The molecule has 3 aromatic rings. The quantitative estimate of drug-likeness (QED) is 0.595. The van der Waals surface area contributed by atoms with Gasteiger partial charge in [0.25, 0.3) is 5.91 Å². The largest absolute Gasteiger partial charge is 0.379 e. The maximum atomic E-state index is 12.9. The highest BCUT2D eigenvalue weighted by Gasteiger charge is 2.49. The Morgan fingerprint density at radius 1 is 1.09 bits per heavy atom. The molecule has 2 fully saturated rings. The number of fused-ring (bicyclic) bond motifs is 5. The van der Waals surface area contributed by atoms with E-state index >= 15 is 0 Å². The van der Waals surface area contributed by atoms with Crippen molar-refractivity contribution < 1.29 is 9.53 Å². The number of nitrogens with one attached hydrogen (secondary N) is 2. The molecule has 4 heterocycles. The lowest BCUT2D eigenvalue weighted by Crippen LogP contribution is -2.43. The van der Waals surface area contributed by atoms with Gasteiger partial charge in [0.15, 0.2) is 0 Å². The predicted molar refractivity (Wildman–Crippen MR) is 136 cm³/mol. The normalized spacial score (nSPS) is 20.2. The van der Waals surface area contributed by atoms with Crippen LogP contribution in [0.3, 0.4) is 0 Å². The van der Waals surface area contributed by atoms with Crippen LogP contribution in [-0.4, -0.2) is 59.2 Å². The van der Waals surface area contributed by atoms with Gasteiger partial charge in [0, 0.05) is 48.1 Å². The average Bonchev–Trinajstić information content (AvgIpc) is 3.51. The van der Waals surface area contributed by atoms with E-state index in [1.807, 2.05) is 6.20 Å². The molecule has 1 spiro atoms. The second-order valence-corrected chi connectivity index (χ2v) is 10.7. The van der Waals surface area contributed by atoms with Crippen LogP contribution in [0.15, 0.2) is 36.5 Å². The molecule has 2 aliphatic heterocycles. The molecule has 35 heavy (non-hydrogen) atoms. The molecular weight excluding hydrogens is 436 g/mol. The van der Waals surface area contributed by atoms with Gasteiger partial charge in [-0.1, -0.05) is 24.3 Å². The zero-order chi connectivity index (χ0) is 23.4. The molecule has 0 radical (unpaired) electrons. The van der Waals surface area contributed by atoms with Gasteiger partial charge in [-0.25, -0.2) is 0 Å². The standard InChI is InChI=1S/C29H32N4O2/c34-28-26-22-8-7-21-18-30-24(16-23(21)27(22)31-25(26)17-29(32-28)9-10-29)20-5-3-19(4-6-20)2-1-11-33-12-14-35-15-13-33/h3-6,16,18,31H,1-2,7-15,17H2,(H,32,34). The van der Waals surface area contributed by atoms with Crippen molar-refractivity contribution in [2.24, 2.45) is 0 Å². The Kier molecular flexibility index (Phi) is 5.07. The molecule has 0 bridgehead atoms. The Balaban J connectivity index is 1.11. The summed E-state index contributed by atoms with van der Waals surface area (Å²) in [6, 6.07) is 11.1. The summed E-state index contributed by atoms with van der Waals surface area (Å²) in [7, 11) is 0. The van der Waals surface area contributed by atoms with E-state index in [0.717, 1.165) is 99.6 Å². The lowest BCUT2D eigenvalue weighted by molar-refractivity contribution is 0.0374. The molecule has 4 aliphatic rings.